The second-order valence-electron chi connectivity index (χ2n) is 6.37. The topological polar surface area (TPSA) is 30.7 Å². The molecule has 1 heterocycles. The van der Waals surface area contributed by atoms with Gasteiger partial charge in [-0.05, 0) is 36.3 Å². The second-order valence-corrected chi connectivity index (χ2v) is 7.68. The summed E-state index contributed by atoms with van der Waals surface area (Å²) < 4.78 is 2.49. The summed E-state index contributed by atoms with van der Waals surface area (Å²) in [5, 5.41) is 0.844. The van der Waals surface area contributed by atoms with Crippen molar-refractivity contribution in [3.63, 3.8) is 0 Å². The Morgan fingerprint density at radius 1 is 0.821 bits per heavy atom. The molecule has 3 aromatic carbocycles. The number of thioether (sulfide) groups is 1. The third-order valence-corrected chi connectivity index (χ3v) is 5.67. The first-order chi connectivity index (χ1) is 13.7. The summed E-state index contributed by atoms with van der Waals surface area (Å²) in [6, 6.07) is 28.5. The molecular formula is C23H19N3S2. The van der Waals surface area contributed by atoms with Crippen LogP contribution in [0.3, 0.4) is 0 Å². The number of hydrogen-bond acceptors (Lipinski definition) is 4. The minimum Gasteiger partial charge on any atom is -0.264 e. The van der Waals surface area contributed by atoms with E-state index in [1.54, 1.807) is 11.8 Å². The fourth-order valence-corrected chi connectivity index (χ4v) is 4.23. The van der Waals surface area contributed by atoms with Gasteiger partial charge in [-0.1, -0.05) is 90.6 Å². The number of benzene rings is 3. The number of nitrogens with zero attached hydrogens (tertiary/aromatic N) is 3. The predicted octanol–water partition coefficient (Wildman–Crippen LogP) is 6.26. The van der Waals surface area contributed by atoms with E-state index >= 15 is 0 Å². The summed E-state index contributed by atoms with van der Waals surface area (Å²) in [6.45, 7) is 2.08. The molecular weight excluding hydrogens is 382 g/mol. The third kappa shape index (κ3) is 4.06. The van der Waals surface area contributed by atoms with Crippen LogP contribution in [0.4, 0.5) is 0 Å². The summed E-state index contributed by atoms with van der Waals surface area (Å²) in [6.07, 6.45) is 0. The van der Waals surface area contributed by atoms with Crippen molar-refractivity contribution < 1.29 is 0 Å². The predicted molar refractivity (Wildman–Crippen MR) is 118 cm³/mol. The van der Waals surface area contributed by atoms with Gasteiger partial charge >= 0.3 is 0 Å². The Kier molecular flexibility index (Phi) is 5.65. The molecule has 0 spiro atoms. The standard InChI is InChI=1S/C23H19N3S2/c1-17-10-8-9-15-20(17)26-22(27)24-21(19-13-6-3-7-14-19)25-23(26)28-16-18-11-4-2-5-12-18/h2-15H,16H2,1H3. The van der Waals surface area contributed by atoms with Crippen molar-refractivity contribution in [3.05, 3.63) is 101 Å². The van der Waals surface area contributed by atoms with Crippen molar-refractivity contribution in [2.75, 3.05) is 0 Å². The van der Waals surface area contributed by atoms with E-state index < -0.39 is 0 Å². The second kappa shape index (κ2) is 8.50. The Morgan fingerprint density at radius 2 is 1.46 bits per heavy atom. The van der Waals surface area contributed by atoms with Gasteiger partial charge in [0.2, 0.25) is 4.77 Å². The minimum absolute atomic E-state index is 0.513. The monoisotopic (exact) mass is 401 g/mol. The van der Waals surface area contributed by atoms with Gasteiger partial charge in [0, 0.05) is 11.3 Å². The third-order valence-electron chi connectivity index (χ3n) is 4.38. The minimum atomic E-state index is 0.513. The van der Waals surface area contributed by atoms with E-state index in [4.69, 9.17) is 17.2 Å². The lowest BCUT2D eigenvalue weighted by molar-refractivity contribution is 0.771. The van der Waals surface area contributed by atoms with E-state index in [1.165, 1.54) is 5.56 Å². The van der Waals surface area contributed by atoms with Crippen LogP contribution < -0.4 is 0 Å². The molecule has 0 amide bonds. The Morgan fingerprint density at radius 3 is 2.18 bits per heavy atom. The Hall–Kier alpha value is -2.76. The summed E-state index contributed by atoms with van der Waals surface area (Å²) in [4.78, 5) is 9.51. The Labute approximate surface area is 174 Å². The van der Waals surface area contributed by atoms with Crippen LogP contribution in [0.15, 0.2) is 90.1 Å². The molecule has 4 aromatic rings. The van der Waals surface area contributed by atoms with Crippen LogP contribution in [0, 0.1) is 11.7 Å². The molecule has 0 radical (unpaired) electrons. The maximum absolute atomic E-state index is 5.70. The fourth-order valence-electron chi connectivity index (χ4n) is 2.94. The lowest BCUT2D eigenvalue weighted by atomic mass is 10.2. The summed E-state index contributed by atoms with van der Waals surface area (Å²) in [7, 11) is 0. The largest absolute Gasteiger partial charge is 0.264 e. The molecule has 0 fully saturated rings. The maximum atomic E-state index is 5.70. The Bertz CT molecular complexity index is 1140. The summed E-state index contributed by atoms with van der Waals surface area (Å²) in [5.74, 6) is 1.47. The van der Waals surface area contributed by atoms with E-state index in [0.717, 1.165) is 27.7 Å². The van der Waals surface area contributed by atoms with Crippen LogP contribution in [0.5, 0.6) is 0 Å². The fraction of sp³-hybridized carbons (Fsp3) is 0.0870. The van der Waals surface area contributed by atoms with E-state index in [1.807, 2.05) is 53.1 Å². The molecule has 0 atom stereocenters. The van der Waals surface area contributed by atoms with Gasteiger partial charge < -0.3 is 0 Å². The molecule has 138 valence electrons. The van der Waals surface area contributed by atoms with Crippen molar-refractivity contribution in [3.8, 4) is 17.1 Å². The summed E-state index contributed by atoms with van der Waals surface area (Å²) in [5.41, 5.74) is 4.36. The van der Waals surface area contributed by atoms with Gasteiger partial charge in [0.1, 0.15) is 0 Å². The highest BCUT2D eigenvalue weighted by Crippen LogP contribution is 2.27. The lowest BCUT2D eigenvalue weighted by Gasteiger charge is -2.15. The van der Waals surface area contributed by atoms with Crippen LogP contribution in [-0.4, -0.2) is 14.5 Å². The molecule has 3 nitrogen and oxygen atoms in total. The number of aryl methyl sites for hydroxylation is 1. The molecule has 4 rings (SSSR count). The molecule has 0 unspecified atom stereocenters. The molecule has 1 aromatic heterocycles. The number of rotatable bonds is 5. The Balaban J connectivity index is 1.82. The number of aromatic nitrogens is 3. The van der Waals surface area contributed by atoms with Crippen LogP contribution in [0.1, 0.15) is 11.1 Å². The molecule has 5 heteroatoms. The molecule has 0 saturated carbocycles. The highest BCUT2D eigenvalue weighted by molar-refractivity contribution is 7.98. The van der Waals surface area contributed by atoms with Crippen molar-refractivity contribution in [1.29, 1.82) is 0 Å². The average Bonchev–Trinajstić information content (AvgIpc) is 2.74. The zero-order valence-corrected chi connectivity index (χ0v) is 17.1. The first kappa shape index (κ1) is 18.6. The molecule has 0 N–H and O–H groups in total. The lowest BCUT2D eigenvalue weighted by Crippen LogP contribution is -2.09. The van der Waals surface area contributed by atoms with E-state index in [2.05, 4.69) is 48.3 Å². The van der Waals surface area contributed by atoms with Crippen molar-refractivity contribution in [2.45, 2.75) is 17.8 Å². The molecule has 0 aliphatic heterocycles. The zero-order chi connectivity index (χ0) is 19.3. The van der Waals surface area contributed by atoms with Gasteiger partial charge in [0.15, 0.2) is 11.0 Å². The molecule has 0 bridgehead atoms. The van der Waals surface area contributed by atoms with Crippen molar-refractivity contribution in [2.24, 2.45) is 0 Å². The molecule has 0 aliphatic rings. The van der Waals surface area contributed by atoms with Crippen molar-refractivity contribution in [1.82, 2.24) is 14.5 Å². The van der Waals surface area contributed by atoms with Gasteiger partial charge in [-0.2, -0.15) is 4.98 Å². The van der Waals surface area contributed by atoms with E-state index in [9.17, 15) is 0 Å². The summed E-state index contributed by atoms with van der Waals surface area (Å²) >= 11 is 7.37. The van der Waals surface area contributed by atoms with E-state index in [-0.39, 0.29) is 0 Å². The van der Waals surface area contributed by atoms with Crippen LogP contribution in [0.25, 0.3) is 17.1 Å². The maximum Gasteiger partial charge on any atom is 0.208 e. The zero-order valence-electron chi connectivity index (χ0n) is 15.4. The normalized spacial score (nSPS) is 10.8. The number of para-hydroxylation sites is 1. The van der Waals surface area contributed by atoms with Gasteiger partial charge in [0.25, 0.3) is 0 Å². The molecule has 28 heavy (non-hydrogen) atoms. The first-order valence-electron chi connectivity index (χ1n) is 9.01. The van der Waals surface area contributed by atoms with Crippen LogP contribution in [-0.2, 0) is 5.75 Å². The van der Waals surface area contributed by atoms with Gasteiger partial charge in [-0.3, -0.25) is 4.57 Å². The highest BCUT2D eigenvalue weighted by Gasteiger charge is 2.13. The van der Waals surface area contributed by atoms with Gasteiger partial charge in [-0.15, -0.1) is 0 Å². The molecule has 0 saturated heterocycles. The van der Waals surface area contributed by atoms with Gasteiger partial charge in [0.05, 0.1) is 5.69 Å². The van der Waals surface area contributed by atoms with Crippen LogP contribution >= 0.6 is 24.0 Å². The first-order valence-corrected chi connectivity index (χ1v) is 10.4. The smallest absolute Gasteiger partial charge is 0.208 e. The SMILES string of the molecule is Cc1ccccc1-n1c(SCc2ccccc2)nc(-c2ccccc2)nc1=S. The van der Waals surface area contributed by atoms with E-state index in [0.29, 0.717) is 10.6 Å². The quantitative estimate of drug-likeness (QED) is 0.291. The van der Waals surface area contributed by atoms with Gasteiger partial charge in [-0.25, -0.2) is 4.98 Å². The average molecular weight is 402 g/mol. The highest BCUT2D eigenvalue weighted by atomic mass is 32.2. The van der Waals surface area contributed by atoms with Crippen molar-refractivity contribution >= 4 is 24.0 Å². The van der Waals surface area contributed by atoms with Crippen LogP contribution in [0.2, 0.25) is 0 Å². The number of hydrogen-bond donors (Lipinski definition) is 0. The molecule has 0 aliphatic carbocycles.